The third kappa shape index (κ3) is 5.88. The summed E-state index contributed by atoms with van der Waals surface area (Å²) >= 11 is 0. The van der Waals surface area contributed by atoms with E-state index in [1.807, 2.05) is 17.0 Å². The number of aromatic nitrogens is 4. The Bertz CT molecular complexity index is 838. The van der Waals surface area contributed by atoms with Gasteiger partial charge in [0.05, 0.1) is 25.8 Å². The molecule has 1 aliphatic carbocycles. The van der Waals surface area contributed by atoms with Gasteiger partial charge in [0.15, 0.2) is 0 Å². The van der Waals surface area contributed by atoms with Crippen LogP contribution in [-0.2, 0) is 27.5 Å². The molecule has 2 aromatic heterocycles. The third-order valence-electron chi connectivity index (χ3n) is 6.07. The number of pyridine rings is 1. The SMILES string of the molecule is O=C(CCn1cncn1)N1CC(=O)N(C2CCCCC2)C[C@H](OCc2cccnc2)C1. The van der Waals surface area contributed by atoms with E-state index in [9.17, 15) is 9.59 Å². The van der Waals surface area contributed by atoms with Crippen molar-refractivity contribution in [3.63, 3.8) is 0 Å². The Labute approximate surface area is 182 Å². The maximum Gasteiger partial charge on any atom is 0.242 e. The van der Waals surface area contributed by atoms with Gasteiger partial charge in [-0.3, -0.25) is 19.3 Å². The predicted molar refractivity (Wildman–Crippen MR) is 113 cm³/mol. The number of nitrogens with zero attached hydrogens (tertiary/aromatic N) is 6. The van der Waals surface area contributed by atoms with Crippen molar-refractivity contribution in [1.82, 2.24) is 29.5 Å². The lowest BCUT2D eigenvalue weighted by Gasteiger charge is -2.34. The lowest BCUT2D eigenvalue weighted by atomic mass is 9.94. The molecule has 0 radical (unpaired) electrons. The fourth-order valence-corrected chi connectivity index (χ4v) is 4.40. The molecule has 1 aliphatic heterocycles. The number of rotatable bonds is 7. The molecule has 9 heteroatoms. The maximum atomic E-state index is 13.1. The number of hydrogen-bond donors (Lipinski definition) is 0. The Morgan fingerprint density at radius 1 is 1.16 bits per heavy atom. The standard InChI is InChI=1S/C22H30N6O3/c29-21(8-10-27-17-24-16-25-27)26-12-20(31-15-18-5-4-9-23-11-18)13-28(22(30)14-26)19-6-2-1-3-7-19/h4-5,9,11,16-17,19-20H,1-3,6-8,10,12-15H2/t20-/m1/s1. The summed E-state index contributed by atoms with van der Waals surface area (Å²) in [6.45, 7) is 1.89. The first-order valence-electron chi connectivity index (χ1n) is 11.1. The topological polar surface area (TPSA) is 93.5 Å². The van der Waals surface area contributed by atoms with E-state index in [0.29, 0.717) is 26.2 Å². The average molecular weight is 427 g/mol. The molecule has 4 rings (SSSR count). The third-order valence-corrected chi connectivity index (χ3v) is 6.07. The molecular formula is C22H30N6O3. The molecule has 166 valence electrons. The van der Waals surface area contributed by atoms with Gasteiger partial charge in [-0.15, -0.1) is 0 Å². The molecule has 2 fully saturated rings. The van der Waals surface area contributed by atoms with Crippen molar-refractivity contribution < 1.29 is 14.3 Å². The minimum Gasteiger partial charge on any atom is -0.370 e. The van der Waals surface area contributed by atoms with E-state index in [4.69, 9.17) is 4.74 Å². The summed E-state index contributed by atoms with van der Waals surface area (Å²) in [5, 5.41) is 4.05. The smallest absolute Gasteiger partial charge is 0.242 e. The van der Waals surface area contributed by atoms with E-state index >= 15 is 0 Å². The molecule has 1 saturated carbocycles. The van der Waals surface area contributed by atoms with Crippen molar-refractivity contribution in [3.05, 3.63) is 42.7 Å². The summed E-state index contributed by atoms with van der Waals surface area (Å²) in [6, 6.07) is 4.09. The van der Waals surface area contributed by atoms with Crippen LogP contribution in [-0.4, -0.2) is 73.1 Å². The molecule has 2 aromatic rings. The zero-order chi connectivity index (χ0) is 21.5. The minimum atomic E-state index is -0.232. The average Bonchev–Trinajstić information content (AvgIpc) is 3.27. The summed E-state index contributed by atoms with van der Waals surface area (Å²) in [5.74, 6) is -0.0437. The molecule has 0 spiro atoms. The highest BCUT2D eigenvalue weighted by Gasteiger charge is 2.34. The van der Waals surface area contributed by atoms with Gasteiger partial charge in [0.25, 0.3) is 0 Å². The zero-order valence-corrected chi connectivity index (χ0v) is 17.8. The first kappa shape index (κ1) is 21.4. The molecule has 2 amide bonds. The van der Waals surface area contributed by atoms with E-state index in [-0.39, 0.29) is 36.9 Å². The number of aryl methyl sites for hydroxylation is 1. The van der Waals surface area contributed by atoms with Gasteiger partial charge in [-0.05, 0) is 24.5 Å². The molecule has 2 aliphatic rings. The van der Waals surface area contributed by atoms with E-state index in [2.05, 4.69) is 15.1 Å². The van der Waals surface area contributed by atoms with E-state index in [1.165, 1.54) is 12.7 Å². The quantitative estimate of drug-likeness (QED) is 0.668. The minimum absolute atomic E-state index is 0.0217. The van der Waals surface area contributed by atoms with Crippen molar-refractivity contribution in [1.29, 1.82) is 0 Å². The molecule has 0 bridgehead atoms. The van der Waals surface area contributed by atoms with Crippen LogP contribution in [0.1, 0.15) is 44.1 Å². The lowest BCUT2D eigenvalue weighted by molar-refractivity contribution is -0.140. The fraction of sp³-hybridized carbons (Fsp3) is 0.591. The van der Waals surface area contributed by atoms with Crippen LogP contribution in [0.4, 0.5) is 0 Å². The van der Waals surface area contributed by atoms with Crippen molar-refractivity contribution in [2.75, 3.05) is 19.6 Å². The van der Waals surface area contributed by atoms with E-state index < -0.39 is 0 Å². The van der Waals surface area contributed by atoms with Gasteiger partial charge >= 0.3 is 0 Å². The van der Waals surface area contributed by atoms with Gasteiger partial charge in [0.2, 0.25) is 11.8 Å². The first-order chi connectivity index (χ1) is 15.2. The first-order valence-corrected chi connectivity index (χ1v) is 11.1. The normalized spacial score (nSPS) is 20.6. The van der Waals surface area contributed by atoms with Gasteiger partial charge < -0.3 is 14.5 Å². The second-order valence-electron chi connectivity index (χ2n) is 8.32. The van der Waals surface area contributed by atoms with Crippen molar-refractivity contribution in [2.24, 2.45) is 0 Å². The van der Waals surface area contributed by atoms with Crippen LogP contribution in [0.15, 0.2) is 37.2 Å². The highest BCUT2D eigenvalue weighted by atomic mass is 16.5. The molecule has 9 nitrogen and oxygen atoms in total. The van der Waals surface area contributed by atoms with Crippen LogP contribution in [0.3, 0.4) is 0 Å². The van der Waals surface area contributed by atoms with Crippen LogP contribution >= 0.6 is 0 Å². The Morgan fingerprint density at radius 2 is 2.03 bits per heavy atom. The Balaban J connectivity index is 1.44. The van der Waals surface area contributed by atoms with Crippen molar-refractivity contribution in [3.8, 4) is 0 Å². The van der Waals surface area contributed by atoms with Crippen molar-refractivity contribution in [2.45, 2.75) is 63.8 Å². The van der Waals surface area contributed by atoms with Gasteiger partial charge in [-0.2, -0.15) is 5.10 Å². The van der Waals surface area contributed by atoms with Gasteiger partial charge in [0.1, 0.15) is 12.7 Å². The second kappa shape index (κ2) is 10.5. The maximum absolute atomic E-state index is 13.1. The van der Waals surface area contributed by atoms with Crippen molar-refractivity contribution >= 4 is 11.8 Å². The molecule has 0 unspecified atom stereocenters. The molecule has 0 N–H and O–H groups in total. The number of carbonyl (C=O) groups excluding carboxylic acids is 2. The van der Waals surface area contributed by atoms with Crippen LogP contribution in [0.5, 0.6) is 0 Å². The summed E-state index contributed by atoms with van der Waals surface area (Å²) in [4.78, 5) is 37.7. The molecule has 3 heterocycles. The van der Waals surface area contributed by atoms with Gasteiger partial charge in [0, 0.05) is 37.9 Å². The largest absolute Gasteiger partial charge is 0.370 e. The zero-order valence-electron chi connectivity index (χ0n) is 17.8. The summed E-state index contributed by atoms with van der Waals surface area (Å²) in [6.07, 6.45) is 12.2. The van der Waals surface area contributed by atoms with Gasteiger partial charge in [-0.25, -0.2) is 4.98 Å². The second-order valence-corrected chi connectivity index (χ2v) is 8.32. The van der Waals surface area contributed by atoms with Crippen LogP contribution in [0.2, 0.25) is 0 Å². The lowest BCUT2D eigenvalue weighted by Crippen LogP contribution is -2.46. The fourth-order valence-electron chi connectivity index (χ4n) is 4.40. The van der Waals surface area contributed by atoms with Crippen LogP contribution < -0.4 is 0 Å². The molecule has 1 saturated heterocycles. The molecule has 1 atom stereocenters. The molecular weight excluding hydrogens is 396 g/mol. The highest BCUT2D eigenvalue weighted by Crippen LogP contribution is 2.25. The molecule has 31 heavy (non-hydrogen) atoms. The summed E-state index contributed by atoms with van der Waals surface area (Å²) in [7, 11) is 0. The Morgan fingerprint density at radius 3 is 2.77 bits per heavy atom. The number of hydrogen-bond acceptors (Lipinski definition) is 6. The summed E-state index contributed by atoms with van der Waals surface area (Å²) < 4.78 is 7.82. The highest BCUT2D eigenvalue weighted by molar-refractivity contribution is 5.85. The molecule has 0 aromatic carbocycles. The van der Waals surface area contributed by atoms with Crippen LogP contribution in [0.25, 0.3) is 0 Å². The van der Waals surface area contributed by atoms with Gasteiger partial charge in [-0.1, -0.05) is 25.3 Å². The predicted octanol–water partition coefficient (Wildman–Crippen LogP) is 1.65. The van der Waals surface area contributed by atoms with Crippen LogP contribution in [0, 0.1) is 0 Å². The van der Waals surface area contributed by atoms with E-state index in [0.717, 1.165) is 31.2 Å². The number of ether oxygens (including phenoxy) is 1. The monoisotopic (exact) mass is 426 g/mol. The van der Waals surface area contributed by atoms with E-state index in [1.54, 1.807) is 28.3 Å². The summed E-state index contributed by atoms with van der Waals surface area (Å²) in [5.41, 5.74) is 0.978. The Hall–Kier alpha value is -2.81. The number of carbonyl (C=O) groups is 2. The number of amides is 2. The Kier molecular flexibility index (Phi) is 7.24.